The zero-order valence-electron chi connectivity index (χ0n) is 13.3. The van der Waals surface area contributed by atoms with Gasteiger partial charge >= 0.3 is 0 Å². The first kappa shape index (κ1) is 15.2. The number of carbonyl (C=O) groups excluding carboxylic acids is 1. The number of hydrogen-bond acceptors (Lipinski definition) is 4. The molecule has 23 heavy (non-hydrogen) atoms. The van der Waals surface area contributed by atoms with E-state index < -0.39 is 0 Å². The largest absolute Gasteiger partial charge is 0.280 e. The zero-order chi connectivity index (χ0) is 16.4. The van der Waals surface area contributed by atoms with Gasteiger partial charge < -0.3 is 0 Å². The highest BCUT2D eigenvalue weighted by Crippen LogP contribution is 2.16. The predicted octanol–water partition coefficient (Wildman–Crippen LogP) is 2.52. The number of benzene rings is 1. The topological polar surface area (TPSA) is 68.5 Å². The summed E-state index contributed by atoms with van der Waals surface area (Å²) in [7, 11) is 0. The highest BCUT2D eigenvalue weighted by Gasteiger charge is 2.19. The summed E-state index contributed by atoms with van der Waals surface area (Å²) >= 11 is 0. The van der Waals surface area contributed by atoms with Gasteiger partial charge in [-0.1, -0.05) is 30.3 Å². The fraction of sp³-hybridized carbons (Fsp3) is 0.235. The van der Waals surface area contributed by atoms with Gasteiger partial charge in [0.05, 0.1) is 12.3 Å². The second-order valence-corrected chi connectivity index (χ2v) is 5.44. The number of aryl methyl sites for hydroxylation is 3. The van der Waals surface area contributed by atoms with Crippen molar-refractivity contribution in [3.63, 3.8) is 0 Å². The molecule has 0 spiro atoms. The monoisotopic (exact) mass is 310 g/mol. The van der Waals surface area contributed by atoms with Crippen molar-refractivity contribution in [2.45, 2.75) is 27.4 Å². The van der Waals surface area contributed by atoms with Crippen molar-refractivity contribution in [2.24, 2.45) is 0 Å². The summed E-state index contributed by atoms with van der Waals surface area (Å²) in [5.74, 6) is -0.342. The molecular weight excluding hydrogens is 292 g/mol. The first-order chi connectivity index (χ1) is 11.1. The van der Waals surface area contributed by atoms with Crippen molar-refractivity contribution in [2.75, 3.05) is 0 Å². The molecule has 0 aliphatic heterocycles. The molecule has 2 aromatic heterocycles. The van der Waals surface area contributed by atoms with Crippen LogP contribution in [0.2, 0.25) is 0 Å². The Hall–Kier alpha value is -2.73. The number of rotatable bonds is 4. The van der Waals surface area contributed by atoms with E-state index in [1.807, 2.05) is 50.2 Å². The van der Waals surface area contributed by atoms with Gasteiger partial charge in [-0.3, -0.25) is 9.63 Å². The maximum absolute atomic E-state index is 12.4. The Morgan fingerprint density at radius 3 is 2.70 bits per heavy atom. The standard InChI is InChI=1S/C17H18N4O2/c1-11-9-12(2)21-16(18-11)15(13(3)19-21)17(22)20-23-10-14-7-5-4-6-8-14/h4-9H,10H2,1-3H3,(H,20,22). The molecule has 3 rings (SSSR count). The van der Waals surface area contributed by atoms with Crippen molar-refractivity contribution in [3.05, 3.63) is 64.6 Å². The summed E-state index contributed by atoms with van der Waals surface area (Å²) in [6.45, 7) is 5.91. The van der Waals surface area contributed by atoms with Gasteiger partial charge in [0.2, 0.25) is 0 Å². The molecule has 3 aromatic rings. The lowest BCUT2D eigenvalue weighted by Crippen LogP contribution is -2.24. The summed E-state index contributed by atoms with van der Waals surface area (Å²) < 4.78 is 1.68. The minimum Gasteiger partial charge on any atom is -0.269 e. The molecule has 0 unspecified atom stereocenters. The van der Waals surface area contributed by atoms with E-state index in [0.717, 1.165) is 17.0 Å². The second-order valence-electron chi connectivity index (χ2n) is 5.44. The number of amides is 1. The Kier molecular flexibility index (Phi) is 4.08. The molecular formula is C17H18N4O2. The molecule has 0 atom stereocenters. The number of fused-ring (bicyclic) bond motifs is 1. The Morgan fingerprint density at radius 1 is 1.22 bits per heavy atom. The number of aromatic nitrogens is 3. The normalized spacial score (nSPS) is 10.9. The van der Waals surface area contributed by atoms with Crippen LogP contribution in [0.1, 0.15) is 33.0 Å². The molecule has 0 aliphatic rings. The second kappa shape index (κ2) is 6.18. The van der Waals surface area contributed by atoms with E-state index >= 15 is 0 Å². The highest BCUT2D eigenvalue weighted by atomic mass is 16.6. The molecule has 0 radical (unpaired) electrons. The van der Waals surface area contributed by atoms with Crippen molar-refractivity contribution < 1.29 is 9.63 Å². The third-order valence-electron chi connectivity index (χ3n) is 3.54. The van der Waals surface area contributed by atoms with Gasteiger partial charge in [0.25, 0.3) is 5.91 Å². The molecule has 2 heterocycles. The molecule has 1 aromatic carbocycles. The molecule has 1 amide bonds. The number of nitrogens with one attached hydrogen (secondary N) is 1. The predicted molar refractivity (Wildman–Crippen MR) is 85.9 cm³/mol. The van der Waals surface area contributed by atoms with Crippen LogP contribution in [0.3, 0.4) is 0 Å². The average molecular weight is 310 g/mol. The molecule has 0 saturated heterocycles. The van der Waals surface area contributed by atoms with E-state index in [-0.39, 0.29) is 5.91 Å². The van der Waals surface area contributed by atoms with Crippen LogP contribution in [0.5, 0.6) is 0 Å². The lowest BCUT2D eigenvalue weighted by molar-refractivity contribution is 0.0234. The number of carbonyl (C=O) groups is 1. The van der Waals surface area contributed by atoms with Crippen LogP contribution in [0.15, 0.2) is 36.4 Å². The van der Waals surface area contributed by atoms with Gasteiger partial charge in [0, 0.05) is 11.4 Å². The van der Waals surface area contributed by atoms with E-state index in [1.165, 1.54) is 0 Å². The maximum atomic E-state index is 12.4. The Labute approximate surface area is 134 Å². The quantitative estimate of drug-likeness (QED) is 0.752. The van der Waals surface area contributed by atoms with Gasteiger partial charge in [-0.25, -0.2) is 15.0 Å². The van der Waals surface area contributed by atoms with Crippen LogP contribution in [0.4, 0.5) is 0 Å². The van der Waals surface area contributed by atoms with Crippen LogP contribution in [0, 0.1) is 20.8 Å². The maximum Gasteiger partial charge on any atom is 0.280 e. The van der Waals surface area contributed by atoms with E-state index in [1.54, 1.807) is 11.4 Å². The Morgan fingerprint density at radius 2 is 1.96 bits per heavy atom. The van der Waals surface area contributed by atoms with Crippen molar-refractivity contribution in [3.8, 4) is 0 Å². The van der Waals surface area contributed by atoms with E-state index in [2.05, 4.69) is 15.6 Å². The molecule has 6 nitrogen and oxygen atoms in total. The van der Waals surface area contributed by atoms with Crippen molar-refractivity contribution in [1.82, 2.24) is 20.1 Å². The summed E-state index contributed by atoms with van der Waals surface area (Å²) in [4.78, 5) is 22.2. The lowest BCUT2D eigenvalue weighted by atomic mass is 10.2. The number of hydrogen-bond donors (Lipinski definition) is 1. The summed E-state index contributed by atoms with van der Waals surface area (Å²) in [5, 5.41) is 4.38. The SMILES string of the molecule is Cc1cc(C)n2nc(C)c(C(=O)NOCc3ccccc3)c2n1. The van der Waals surface area contributed by atoms with Gasteiger partial charge in [-0.05, 0) is 32.4 Å². The third-order valence-corrected chi connectivity index (χ3v) is 3.54. The minimum atomic E-state index is -0.342. The molecule has 0 saturated carbocycles. The summed E-state index contributed by atoms with van der Waals surface area (Å²) in [6, 6.07) is 11.6. The van der Waals surface area contributed by atoms with Gasteiger partial charge in [-0.15, -0.1) is 0 Å². The van der Waals surface area contributed by atoms with Gasteiger partial charge in [0.15, 0.2) is 5.65 Å². The molecule has 0 aliphatic carbocycles. The highest BCUT2D eigenvalue weighted by molar-refractivity contribution is 6.00. The van der Waals surface area contributed by atoms with E-state index in [0.29, 0.717) is 23.5 Å². The van der Waals surface area contributed by atoms with Crippen LogP contribution in [-0.4, -0.2) is 20.5 Å². The molecule has 0 fully saturated rings. The van der Waals surface area contributed by atoms with Crippen LogP contribution in [-0.2, 0) is 11.4 Å². The molecule has 1 N–H and O–H groups in total. The average Bonchev–Trinajstić information content (AvgIpc) is 2.85. The first-order valence-corrected chi connectivity index (χ1v) is 7.36. The van der Waals surface area contributed by atoms with Crippen LogP contribution < -0.4 is 5.48 Å². The minimum absolute atomic E-state index is 0.302. The first-order valence-electron chi connectivity index (χ1n) is 7.36. The molecule has 6 heteroatoms. The van der Waals surface area contributed by atoms with Gasteiger partial charge in [-0.2, -0.15) is 5.10 Å². The zero-order valence-corrected chi connectivity index (χ0v) is 13.3. The fourth-order valence-corrected chi connectivity index (χ4v) is 2.50. The van der Waals surface area contributed by atoms with Crippen LogP contribution in [0.25, 0.3) is 5.65 Å². The van der Waals surface area contributed by atoms with Crippen LogP contribution >= 0.6 is 0 Å². The third kappa shape index (κ3) is 3.07. The van der Waals surface area contributed by atoms with Crippen molar-refractivity contribution >= 4 is 11.6 Å². The summed E-state index contributed by atoms with van der Waals surface area (Å²) in [6.07, 6.45) is 0. The smallest absolute Gasteiger partial charge is 0.269 e. The molecule has 118 valence electrons. The number of nitrogens with zero attached hydrogens (tertiary/aromatic N) is 3. The van der Waals surface area contributed by atoms with E-state index in [4.69, 9.17) is 4.84 Å². The Bertz CT molecular complexity index is 856. The fourth-order valence-electron chi connectivity index (χ4n) is 2.50. The number of hydroxylamine groups is 1. The van der Waals surface area contributed by atoms with Crippen molar-refractivity contribution in [1.29, 1.82) is 0 Å². The lowest BCUT2D eigenvalue weighted by Gasteiger charge is -2.06. The molecule has 0 bridgehead atoms. The Balaban J connectivity index is 1.79. The summed E-state index contributed by atoms with van der Waals surface area (Å²) in [5.41, 5.74) is 6.82. The van der Waals surface area contributed by atoms with E-state index in [9.17, 15) is 4.79 Å². The van der Waals surface area contributed by atoms with Gasteiger partial charge in [0.1, 0.15) is 5.56 Å².